The number of hydrogen-bond acceptors (Lipinski definition) is 4. The van der Waals surface area contributed by atoms with Crippen molar-refractivity contribution in [1.29, 1.82) is 0 Å². The van der Waals surface area contributed by atoms with Crippen LogP contribution in [0.3, 0.4) is 0 Å². The van der Waals surface area contributed by atoms with Crippen LogP contribution in [0.4, 0.5) is 0 Å². The van der Waals surface area contributed by atoms with Crippen LogP contribution in [-0.2, 0) is 5.60 Å². The Morgan fingerprint density at radius 1 is 1.11 bits per heavy atom. The minimum atomic E-state index is -1.07. The smallest absolute Gasteiger partial charge is 0.125 e. The highest BCUT2D eigenvalue weighted by Crippen LogP contribution is 2.49. The molecule has 2 atom stereocenters. The molecule has 0 aliphatic heterocycles. The Labute approximate surface area is 168 Å². The lowest BCUT2D eigenvalue weighted by atomic mass is 9.67. The van der Waals surface area contributed by atoms with Gasteiger partial charge in [0.2, 0.25) is 0 Å². The van der Waals surface area contributed by atoms with Crippen LogP contribution in [-0.4, -0.2) is 44.9 Å². The first kappa shape index (κ1) is 20.4. The van der Waals surface area contributed by atoms with Crippen LogP contribution < -0.4 is 9.47 Å². The Morgan fingerprint density at radius 3 is 2.61 bits per heavy atom. The summed E-state index contributed by atoms with van der Waals surface area (Å²) in [5, 5.41) is 12.2. The Bertz CT molecular complexity index is 830. The van der Waals surface area contributed by atoms with Gasteiger partial charge < -0.3 is 19.5 Å². The molecule has 1 aliphatic rings. The summed E-state index contributed by atoms with van der Waals surface area (Å²) in [6.07, 6.45) is 5.01. The number of nitrogens with zero attached hydrogens (tertiary/aromatic N) is 1. The van der Waals surface area contributed by atoms with Gasteiger partial charge in [-0.3, -0.25) is 0 Å². The molecule has 4 nitrogen and oxygen atoms in total. The van der Waals surface area contributed by atoms with Gasteiger partial charge in [-0.15, -0.1) is 0 Å². The molecule has 0 amide bonds. The zero-order valence-corrected chi connectivity index (χ0v) is 17.3. The van der Waals surface area contributed by atoms with E-state index in [0.717, 1.165) is 54.0 Å². The second-order valence-corrected chi connectivity index (χ2v) is 7.76. The Morgan fingerprint density at radius 2 is 1.89 bits per heavy atom. The van der Waals surface area contributed by atoms with E-state index in [9.17, 15) is 5.11 Å². The van der Waals surface area contributed by atoms with E-state index in [1.54, 1.807) is 14.2 Å². The highest BCUT2D eigenvalue weighted by atomic mass is 16.5. The van der Waals surface area contributed by atoms with Gasteiger partial charge in [0.05, 0.1) is 14.2 Å². The number of ether oxygens (including phenoxy) is 2. The third kappa shape index (κ3) is 4.08. The number of hydrogen-bond donors (Lipinski definition) is 1. The molecule has 1 aliphatic carbocycles. The molecule has 4 heteroatoms. The Kier molecular flexibility index (Phi) is 6.42. The molecule has 3 rings (SSSR count). The first-order valence-electron chi connectivity index (χ1n) is 9.84. The molecule has 150 valence electrons. The van der Waals surface area contributed by atoms with Crippen molar-refractivity contribution < 1.29 is 14.6 Å². The maximum Gasteiger partial charge on any atom is 0.125 e. The standard InChI is InChI=1S/C24H31NO3/c1-25(2)17-20-11-8-10-19(15-18-9-7-12-21(16-18)27-3)24(20,26)22-13-5-6-14-23(22)28-4/h5-7,9,12-16,20,26H,8,10-11,17H2,1-4H3/b19-15+. The molecule has 0 aromatic heterocycles. The molecule has 1 saturated carbocycles. The summed E-state index contributed by atoms with van der Waals surface area (Å²) in [5.74, 6) is 1.63. The van der Waals surface area contributed by atoms with E-state index in [4.69, 9.17) is 9.47 Å². The minimum Gasteiger partial charge on any atom is -0.497 e. The predicted molar refractivity (Wildman–Crippen MR) is 114 cm³/mol. The van der Waals surface area contributed by atoms with Crippen molar-refractivity contribution in [3.05, 3.63) is 65.2 Å². The van der Waals surface area contributed by atoms with Crippen molar-refractivity contribution in [2.24, 2.45) is 5.92 Å². The first-order chi connectivity index (χ1) is 13.5. The number of aliphatic hydroxyl groups is 1. The van der Waals surface area contributed by atoms with Crippen LogP contribution in [0.5, 0.6) is 11.5 Å². The molecular formula is C24H31NO3. The van der Waals surface area contributed by atoms with E-state index in [0.29, 0.717) is 0 Å². The van der Waals surface area contributed by atoms with E-state index < -0.39 is 5.60 Å². The molecular weight excluding hydrogens is 350 g/mol. The van der Waals surface area contributed by atoms with E-state index in [1.807, 2.05) is 48.5 Å². The molecule has 0 saturated heterocycles. The third-order valence-corrected chi connectivity index (χ3v) is 5.62. The summed E-state index contributed by atoms with van der Waals surface area (Å²) in [4.78, 5) is 2.15. The fourth-order valence-corrected chi connectivity index (χ4v) is 4.33. The molecule has 1 fully saturated rings. The van der Waals surface area contributed by atoms with E-state index in [1.165, 1.54) is 0 Å². The zero-order valence-electron chi connectivity index (χ0n) is 17.3. The molecule has 0 spiro atoms. The Balaban J connectivity index is 2.14. The van der Waals surface area contributed by atoms with Crippen LogP contribution in [0.25, 0.3) is 6.08 Å². The van der Waals surface area contributed by atoms with E-state index >= 15 is 0 Å². The van der Waals surface area contributed by atoms with Crippen molar-refractivity contribution in [1.82, 2.24) is 4.90 Å². The highest BCUT2D eigenvalue weighted by Gasteiger charge is 2.45. The van der Waals surface area contributed by atoms with Gasteiger partial charge in [-0.25, -0.2) is 0 Å². The number of para-hydroxylation sites is 1. The van der Waals surface area contributed by atoms with Gasteiger partial charge in [0, 0.05) is 18.0 Å². The fourth-order valence-electron chi connectivity index (χ4n) is 4.33. The van der Waals surface area contributed by atoms with Crippen molar-refractivity contribution in [2.45, 2.75) is 24.9 Å². The summed E-state index contributed by atoms with van der Waals surface area (Å²) >= 11 is 0. The topological polar surface area (TPSA) is 41.9 Å². The van der Waals surface area contributed by atoms with Crippen LogP contribution in [0.1, 0.15) is 30.4 Å². The zero-order chi connectivity index (χ0) is 20.1. The fraction of sp³-hybridized carbons (Fsp3) is 0.417. The SMILES string of the molecule is COc1cccc(/C=C2\CCCC(CN(C)C)C2(O)c2ccccc2OC)c1. The average molecular weight is 382 g/mol. The maximum absolute atomic E-state index is 12.2. The lowest BCUT2D eigenvalue weighted by Crippen LogP contribution is -2.44. The molecule has 0 bridgehead atoms. The van der Waals surface area contributed by atoms with Gasteiger partial charge in [-0.05, 0) is 62.7 Å². The molecule has 0 radical (unpaired) electrons. The monoisotopic (exact) mass is 381 g/mol. The molecule has 2 aromatic carbocycles. The summed E-state index contributed by atoms with van der Waals surface area (Å²) in [6, 6.07) is 15.8. The molecule has 0 heterocycles. The van der Waals surface area contributed by atoms with Crippen molar-refractivity contribution >= 4 is 6.08 Å². The van der Waals surface area contributed by atoms with Crippen LogP contribution in [0.2, 0.25) is 0 Å². The second kappa shape index (κ2) is 8.80. The summed E-state index contributed by atoms with van der Waals surface area (Å²) in [7, 11) is 7.45. The van der Waals surface area contributed by atoms with Crippen LogP contribution in [0, 0.1) is 5.92 Å². The second-order valence-electron chi connectivity index (χ2n) is 7.76. The van der Waals surface area contributed by atoms with Crippen molar-refractivity contribution in [2.75, 3.05) is 34.9 Å². The van der Waals surface area contributed by atoms with Gasteiger partial charge in [-0.2, -0.15) is 0 Å². The lowest BCUT2D eigenvalue weighted by molar-refractivity contribution is -0.0190. The first-order valence-corrected chi connectivity index (χ1v) is 9.84. The normalized spacial score (nSPS) is 23.8. The third-order valence-electron chi connectivity index (χ3n) is 5.62. The molecule has 28 heavy (non-hydrogen) atoms. The van der Waals surface area contributed by atoms with Gasteiger partial charge in [0.15, 0.2) is 0 Å². The number of rotatable bonds is 6. The lowest BCUT2D eigenvalue weighted by Gasteiger charge is -2.44. The Hall–Kier alpha value is -2.30. The summed E-state index contributed by atoms with van der Waals surface area (Å²) < 4.78 is 11.0. The van der Waals surface area contributed by atoms with Crippen LogP contribution in [0.15, 0.2) is 54.1 Å². The van der Waals surface area contributed by atoms with Gasteiger partial charge in [0.1, 0.15) is 17.1 Å². The largest absolute Gasteiger partial charge is 0.497 e. The van der Waals surface area contributed by atoms with E-state index in [2.05, 4.69) is 25.1 Å². The van der Waals surface area contributed by atoms with Gasteiger partial charge in [0.25, 0.3) is 0 Å². The number of methoxy groups -OCH3 is 2. The van der Waals surface area contributed by atoms with Crippen molar-refractivity contribution in [3.63, 3.8) is 0 Å². The molecule has 2 aromatic rings. The van der Waals surface area contributed by atoms with Crippen molar-refractivity contribution in [3.8, 4) is 11.5 Å². The van der Waals surface area contributed by atoms with Gasteiger partial charge >= 0.3 is 0 Å². The van der Waals surface area contributed by atoms with E-state index in [-0.39, 0.29) is 5.92 Å². The minimum absolute atomic E-state index is 0.0874. The van der Waals surface area contributed by atoms with Gasteiger partial charge in [-0.1, -0.05) is 36.4 Å². The molecule has 1 N–H and O–H groups in total. The highest BCUT2D eigenvalue weighted by molar-refractivity contribution is 5.60. The predicted octanol–water partition coefficient (Wildman–Crippen LogP) is 4.34. The molecule has 2 unspecified atom stereocenters. The number of benzene rings is 2. The van der Waals surface area contributed by atoms with Crippen LogP contribution >= 0.6 is 0 Å². The summed E-state index contributed by atoms with van der Waals surface area (Å²) in [6.45, 7) is 0.810. The summed E-state index contributed by atoms with van der Waals surface area (Å²) in [5.41, 5.74) is 1.84. The quantitative estimate of drug-likeness (QED) is 0.808. The average Bonchev–Trinajstić information content (AvgIpc) is 2.71. The maximum atomic E-state index is 12.2.